The van der Waals surface area contributed by atoms with Crippen LogP contribution in [0, 0.1) is 0 Å². The second-order valence-corrected chi connectivity index (χ2v) is 49.6. The first-order chi connectivity index (χ1) is 67.3. The molecule has 2 aliphatic rings. The van der Waals surface area contributed by atoms with Gasteiger partial charge in [0.15, 0.2) is 34.9 Å². The van der Waals surface area contributed by atoms with Crippen LogP contribution in [-0.2, 0) is 141 Å². The van der Waals surface area contributed by atoms with Crippen molar-refractivity contribution < 1.29 is 101 Å². The number of carboxylic acid groups (broad SMARTS) is 2. The molecule has 7 atom stereocenters. The lowest BCUT2D eigenvalue weighted by molar-refractivity contribution is -0.153. The Morgan fingerprint density at radius 3 is 0.972 bits per heavy atom. The number of carboxylic acids is 2. The molecule has 0 bridgehead atoms. The monoisotopic (exact) mass is 2240 g/mol. The third-order valence-electron chi connectivity index (χ3n) is 23.4. The largest absolute Gasteiger partial charge is 0.480 e. The Balaban J connectivity index is 0.000000231. The van der Waals surface area contributed by atoms with E-state index in [1.807, 2.05) is 202 Å². The molecule has 0 aliphatic heterocycles. The number of aliphatic carboxylic acids is 2. The lowest BCUT2D eigenvalue weighted by atomic mass is 9.99. The topological polar surface area (TPSA) is 403 Å². The number of anilines is 1. The van der Waals surface area contributed by atoms with Gasteiger partial charge in [-0.2, -0.15) is 15.3 Å². The number of carbonyl (C=O) groups is 8. The Bertz CT molecular complexity index is 5740. The number of ether oxygens (including phenoxy) is 6. The Labute approximate surface area is 868 Å². The Morgan fingerprint density at radius 2 is 0.669 bits per heavy atom. The van der Waals surface area contributed by atoms with Crippen LogP contribution in [0.2, 0.25) is 36.3 Å². The summed E-state index contributed by atoms with van der Waals surface area (Å²) < 4.78 is 52.6. The van der Waals surface area contributed by atoms with E-state index in [4.69, 9.17) is 58.3 Å². The van der Waals surface area contributed by atoms with Gasteiger partial charge in [-0.1, -0.05) is 196 Å². The van der Waals surface area contributed by atoms with Crippen molar-refractivity contribution in [3.05, 3.63) is 310 Å². The summed E-state index contributed by atoms with van der Waals surface area (Å²) in [5.41, 5.74) is 20.5. The van der Waals surface area contributed by atoms with Crippen LogP contribution >= 0.6 is 63.7 Å². The predicted molar refractivity (Wildman–Crippen MR) is 566 cm³/mol. The molecule has 0 unspecified atom stereocenters. The Hall–Kier alpha value is -10.9. The highest BCUT2D eigenvalue weighted by Crippen LogP contribution is 2.41. The summed E-state index contributed by atoms with van der Waals surface area (Å²) in [6.45, 7) is 31.9. The number of aromatic nitrogens is 6. The quantitative estimate of drug-likeness (QED) is 0.0110. The fourth-order valence-corrected chi connectivity index (χ4v) is 18.6. The molecule has 1 amide bonds. The van der Waals surface area contributed by atoms with Gasteiger partial charge in [0.2, 0.25) is 6.10 Å². The average Bonchev–Trinajstić information content (AvgIpc) is 1.62. The summed E-state index contributed by atoms with van der Waals surface area (Å²) in [5.74, 6) is -4.44. The molecule has 0 saturated carbocycles. The van der Waals surface area contributed by atoms with Crippen molar-refractivity contribution in [2.75, 3.05) is 38.4 Å². The summed E-state index contributed by atoms with van der Waals surface area (Å²) in [4.78, 5) is 93.8. The van der Waals surface area contributed by atoms with Gasteiger partial charge in [0.05, 0.1) is 55.8 Å². The first kappa shape index (κ1) is 118. The molecule has 2 aliphatic carbocycles. The van der Waals surface area contributed by atoms with E-state index in [1.54, 1.807) is 71.6 Å². The molecule has 8 aromatic carbocycles. The van der Waals surface area contributed by atoms with Gasteiger partial charge in [0.25, 0.3) is 0 Å². The maximum absolute atomic E-state index is 13.0. The smallest absolute Gasteiger partial charge is 0.412 e. The number of carbonyl (C=O) groups excluding carboxylic acids is 6. The van der Waals surface area contributed by atoms with Gasteiger partial charge < -0.3 is 68.5 Å². The number of fused-ring (bicyclic) bond motifs is 2. The lowest BCUT2D eigenvalue weighted by Gasteiger charge is -2.38. The van der Waals surface area contributed by atoms with Crippen LogP contribution in [0.25, 0.3) is 17.1 Å². The molecule has 142 heavy (non-hydrogen) atoms. The van der Waals surface area contributed by atoms with Crippen LogP contribution < -0.4 is 11.1 Å². The van der Waals surface area contributed by atoms with Crippen LogP contribution in [-0.4, -0.2) is 195 Å². The van der Waals surface area contributed by atoms with Gasteiger partial charge in [0.1, 0.15) is 18.2 Å². The molecule has 8 N–H and O–H groups in total. The molecule has 0 spiro atoms. The number of benzene rings is 8. The summed E-state index contributed by atoms with van der Waals surface area (Å²) >= 11 is 13.3. The van der Waals surface area contributed by atoms with Gasteiger partial charge in [0, 0.05) is 93.6 Å². The number of hydrogen-bond acceptors (Lipinski definition) is 23. The predicted octanol–water partition coefficient (Wildman–Crippen LogP) is 20.0. The van der Waals surface area contributed by atoms with Crippen LogP contribution in [0.5, 0.6) is 0 Å². The molecule has 764 valence electrons. The van der Waals surface area contributed by atoms with Crippen molar-refractivity contribution in [2.24, 2.45) is 5.73 Å². The van der Waals surface area contributed by atoms with Crippen LogP contribution in [0.4, 0.5) is 10.5 Å². The molecular formula is C107H134Br4N8O21Si2. The zero-order chi connectivity index (χ0) is 104. The van der Waals surface area contributed by atoms with Crippen molar-refractivity contribution in [3.63, 3.8) is 0 Å². The lowest BCUT2D eigenvalue weighted by Crippen LogP contribution is -2.47. The molecule has 3 aromatic heterocycles. The highest BCUT2D eigenvalue weighted by Gasteiger charge is 2.43. The van der Waals surface area contributed by atoms with E-state index < -0.39 is 95.2 Å². The maximum atomic E-state index is 13.0. The normalized spacial score (nSPS) is 13.3. The SMILES string of the molecule is CCOC(=O)[C@@H](Cc1cccc(-n2cccn2)c1)OC(=O)Nc1c2c(cc3c1CCC3)CCC2.CCOC(=O)[C@@H](Cc1cccc(-n2cccn2)c1)O[Si](C)(C)C(C)(C)C.CCOC(=O)[C@@H](Cc1cccc(Br)c1)O[Si](C)(C)C(C)(C)C.CCOC(=O)[C@H](O)Cc1cccc(-n2cccn2)c1.CCOC(=O)[C@H](O)Cc1cccc(Br)c1.N[C@H](Cc1cccc(Br)c1)C(=O)O.O=C(O)[C@H](O)Cc1cccc(Br)c1. The molecular weight excluding hydrogens is 2110 g/mol. The van der Waals surface area contributed by atoms with Crippen molar-refractivity contribution in [2.45, 2.75) is 239 Å². The second kappa shape index (κ2) is 58.7. The summed E-state index contributed by atoms with van der Waals surface area (Å²) in [7, 11) is -4.14. The molecule has 29 nitrogen and oxygen atoms in total. The van der Waals surface area contributed by atoms with Crippen molar-refractivity contribution >= 4 is 134 Å². The van der Waals surface area contributed by atoms with Crippen LogP contribution in [0.15, 0.2) is 249 Å². The Kier molecular flexibility index (Phi) is 48.8. The first-order valence-electron chi connectivity index (χ1n) is 47.2. The highest BCUT2D eigenvalue weighted by atomic mass is 79.9. The van der Waals surface area contributed by atoms with E-state index in [9.17, 15) is 48.6 Å². The number of halogens is 4. The minimum Gasteiger partial charge on any atom is -0.480 e. The summed E-state index contributed by atoms with van der Waals surface area (Å²) in [6, 6.07) is 60.3. The van der Waals surface area contributed by atoms with Crippen molar-refractivity contribution in [1.29, 1.82) is 0 Å². The number of aliphatic hydroxyl groups excluding tert-OH is 3. The molecule has 13 rings (SSSR count). The van der Waals surface area contributed by atoms with E-state index in [1.165, 1.54) is 22.3 Å². The molecule has 3 heterocycles. The first-order valence-corrected chi connectivity index (χ1v) is 56.2. The number of rotatable bonds is 35. The van der Waals surface area contributed by atoms with Gasteiger partial charge >= 0.3 is 47.9 Å². The molecule has 0 saturated heterocycles. The minimum atomic E-state index is -2.10. The van der Waals surface area contributed by atoms with Crippen molar-refractivity contribution in [1.82, 2.24) is 29.3 Å². The second-order valence-electron chi connectivity index (χ2n) is 36.4. The van der Waals surface area contributed by atoms with Crippen LogP contribution in [0.1, 0.15) is 150 Å². The number of amides is 1. The van der Waals surface area contributed by atoms with E-state index in [0.717, 1.165) is 118 Å². The molecule has 0 radical (unpaired) electrons. The number of hydrogen-bond donors (Lipinski definition) is 7. The van der Waals surface area contributed by atoms with E-state index >= 15 is 0 Å². The zero-order valence-electron chi connectivity index (χ0n) is 83.2. The number of nitrogens with zero attached hydrogens (tertiary/aromatic N) is 6. The van der Waals surface area contributed by atoms with Gasteiger partial charge in [-0.25, -0.2) is 47.6 Å². The molecule has 0 fully saturated rings. The number of nitrogens with two attached hydrogens (primary N) is 1. The summed E-state index contributed by atoms with van der Waals surface area (Å²) in [6.07, 6.45) is 12.8. The van der Waals surface area contributed by atoms with E-state index in [-0.39, 0.29) is 67.5 Å². The average molecular weight is 2240 g/mol. The summed E-state index contributed by atoms with van der Waals surface area (Å²) in [5, 5.41) is 61.0. The zero-order valence-corrected chi connectivity index (χ0v) is 91.6. The third-order valence-corrected chi connectivity index (χ3v) is 34.3. The number of aliphatic hydroxyl groups is 3. The number of aryl methyl sites for hydroxylation is 2. The standard InChI is InChI=1S/C27H29N3O4.C20H30N2O3Si.C17H27BrO3Si.C14H16N2O3.C11H13BrO3.C9H10BrNO2.C9H9BrO3/c1-2-33-26(31)24(16-18-7-3-10-21(15-18)30-14-6-13-28-30)34-27(32)29-25-22-11-4-8-19(22)17-20-9-5-12-23(20)25;1-7-24-19(23)18(25-26(5,6)20(2,3)4)15-16-10-8-11-17(14-16)22-13-9-12-21-22;1-7-20-16(19)15(21-22(5,6)17(2,3)4)12-13-9-8-10-14(18)11-13;1-2-19-14(18)13(17)10-11-5-3-6-12(9-11)16-8-4-7-15-16;1-2-15-11(14)10(13)7-8-4-3-5-9(12)6-8;2*10-7-3-1-2-6(4-7)5-8(11)9(12)13/h3,6-7,10,13-15,17,24H,2,4-5,8-9,11-12,16H2,1H3,(H,29,32);8-14,18H,7,15H2,1-6H3;8-11,15H,7,12H2,1-6H3;3-9,13,17H,2,10H2,1H3;3-6,10,13H,2,7H2,1H3;1-4,8H,5,11H2,(H,12,13);1-4,8,11H,5H2,(H,12,13)/t24-;18-;15-;13-;10-;2*8-/m1111111/s1. The minimum absolute atomic E-state index is 0.0225. The maximum Gasteiger partial charge on any atom is 0.412 e. The Morgan fingerprint density at radius 1 is 0.380 bits per heavy atom. The third kappa shape index (κ3) is 39.6. The number of esters is 5. The van der Waals surface area contributed by atoms with E-state index in [2.05, 4.69) is 158 Å². The van der Waals surface area contributed by atoms with Gasteiger partial charge in [-0.05, 0) is 280 Å². The molecule has 11 aromatic rings. The van der Waals surface area contributed by atoms with Gasteiger partial charge in [-0.15, -0.1) is 0 Å². The van der Waals surface area contributed by atoms with Crippen LogP contribution in [0.3, 0.4) is 0 Å². The molecule has 35 heteroatoms. The fraction of sp³-hybridized carbons (Fsp3) is 0.393. The van der Waals surface area contributed by atoms with Gasteiger partial charge in [-0.3, -0.25) is 10.1 Å². The van der Waals surface area contributed by atoms with Crippen molar-refractivity contribution in [3.8, 4) is 17.1 Å². The highest BCUT2D eigenvalue weighted by molar-refractivity contribution is 9.11. The number of nitrogens with one attached hydrogen (secondary N) is 1. The fourth-order valence-electron chi connectivity index (χ4n) is 14.3. The van der Waals surface area contributed by atoms with E-state index in [0.29, 0.717) is 32.5 Å².